The number of alkyl halides is 3. The van der Waals surface area contributed by atoms with Crippen LogP contribution in [-0.2, 0) is 6.18 Å². The lowest BCUT2D eigenvalue weighted by atomic mass is 10.2. The van der Waals surface area contributed by atoms with E-state index in [0.717, 1.165) is 24.3 Å². The van der Waals surface area contributed by atoms with Crippen molar-refractivity contribution in [2.24, 2.45) is 0 Å². The van der Waals surface area contributed by atoms with Crippen molar-refractivity contribution in [2.45, 2.75) is 6.18 Å². The van der Waals surface area contributed by atoms with Crippen LogP contribution in [0.15, 0.2) is 41.8 Å². The molecule has 0 aliphatic rings. The van der Waals surface area contributed by atoms with Crippen LogP contribution in [0.5, 0.6) is 0 Å². The number of amides is 3. The first-order valence-electron chi connectivity index (χ1n) is 5.94. The Morgan fingerprint density at radius 3 is 2.23 bits per heavy atom. The monoisotopic (exact) mass is 329 g/mol. The second kappa shape index (κ2) is 6.48. The van der Waals surface area contributed by atoms with Crippen molar-refractivity contribution in [3.05, 3.63) is 52.2 Å². The van der Waals surface area contributed by atoms with E-state index in [4.69, 9.17) is 0 Å². The highest BCUT2D eigenvalue weighted by Crippen LogP contribution is 2.29. The highest BCUT2D eigenvalue weighted by Gasteiger charge is 2.29. The zero-order valence-electron chi connectivity index (χ0n) is 10.9. The minimum absolute atomic E-state index is 0.163. The van der Waals surface area contributed by atoms with Gasteiger partial charge in [-0.3, -0.25) is 10.2 Å². The Hall–Kier alpha value is -2.55. The molecule has 0 aliphatic carbocycles. The fourth-order valence-electron chi connectivity index (χ4n) is 1.49. The van der Waals surface area contributed by atoms with Crippen LogP contribution >= 0.6 is 11.3 Å². The molecule has 3 N–H and O–H groups in total. The van der Waals surface area contributed by atoms with E-state index in [9.17, 15) is 22.8 Å². The van der Waals surface area contributed by atoms with Gasteiger partial charge in [-0.2, -0.15) is 13.2 Å². The van der Waals surface area contributed by atoms with Gasteiger partial charge in [0.05, 0.1) is 10.4 Å². The van der Waals surface area contributed by atoms with Crippen LogP contribution in [-0.4, -0.2) is 11.9 Å². The number of urea groups is 1. The van der Waals surface area contributed by atoms with E-state index in [2.05, 4.69) is 16.2 Å². The number of halogens is 3. The summed E-state index contributed by atoms with van der Waals surface area (Å²) in [4.78, 5) is 23.5. The minimum Gasteiger partial charge on any atom is -0.307 e. The molecule has 1 heterocycles. The normalized spacial score (nSPS) is 10.9. The Balaban J connectivity index is 1.86. The van der Waals surface area contributed by atoms with E-state index in [1.807, 2.05) is 0 Å². The van der Waals surface area contributed by atoms with Gasteiger partial charge in [0.1, 0.15) is 0 Å². The smallest absolute Gasteiger partial charge is 0.307 e. The number of carbonyl (C=O) groups excluding carboxylic acids is 2. The van der Waals surface area contributed by atoms with E-state index >= 15 is 0 Å². The van der Waals surface area contributed by atoms with Crippen LogP contribution in [0.25, 0.3) is 0 Å². The quantitative estimate of drug-likeness (QED) is 0.740. The van der Waals surface area contributed by atoms with Crippen LogP contribution in [0.4, 0.5) is 23.7 Å². The number of hydrogen-bond donors (Lipinski definition) is 3. The Kier molecular flexibility index (Phi) is 4.66. The first-order chi connectivity index (χ1) is 10.4. The third-order valence-corrected chi connectivity index (χ3v) is 3.37. The summed E-state index contributed by atoms with van der Waals surface area (Å²) in [7, 11) is 0. The average molecular weight is 329 g/mol. The van der Waals surface area contributed by atoms with Crippen LogP contribution in [0.1, 0.15) is 15.2 Å². The Morgan fingerprint density at radius 1 is 1.00 bits per heavy atom. The van der Waals surface area contributed by atoms with Crippen molar-refractivity contribution in [1.29, 1.82) is 0 Å². The molecule has 1 aromatic carbocycles. The van der Waals surface area contributed by atoms with Crippen LogP contribution < -0.4 is 16.2 Å². The molecule has 2 rings (SSSR count). The van der Waals surface area contributed by atoms with Gasteiger partial charge in [-0.1, -0.05) is 6.07 Å². The zero-order valence-corrected chi connectivity index (χ0v) is 11.7. The summed E-state index contributed by atoms with van der Waals surface area (Å²) in [5, 5.41) is 4.00. The van der Waals surface area contributed by atoms with Gasteiger partial charge < -0.3 is 5.32 Å². The van der Waals surface area contributed by atoms with E-state index in [1.54, 1.807) is 17.5 Å². The molecule has 0 saturated heterocycles. The second-order valence-electron chi connectivity index (χ2n) is 4.09. The number of hydrogen-bond acceptors (Lipinski definition) is 3. The molecular formula is C13H10F3N3O2S. The maximum atomic E-state index is 12.4. The topological polar surface area (TPSA) is 70.2 Å². The molecule has 0 bridgehead atoms. The number of hydrazine groups is 1. The van der Waals surface area contributed by atoms with Crippen LogP contribution in [0.2, 0.25) is 0 Å². The summed E-state index contributed by atoms with van der Waals surface area (Å²) < 4.78 is 37.1. The van der Waals surface area contributed by atoms with Gasteiger partial charge in [0, 0.05) is 5.69 Å². The van der Waals surface area contributed by atoms with Crippen molar-refractivity contribution in [2.75, 3.05) is 5.32 Å². The second-order valence-corrected chi connectivity index (χ2v) is 5.03. The highest BCUT2D eigenvalue weighted by molar-refractivity contribution is 7.12. The molecule has 5 nitrogen and oxygen atoms in total. The molecule has 0 aliphatic heterocycles. The van der Waals surface area contributed by atoms with Crippen LogP contribution in [0.3, 0.4) is 0 Å². The molecule has 116 valence electrons. The summed E-state index contributed by atoms with van der Waals surface area (Å²) in [6.07, 6.45) is -4.44. The predicted octanol–water partition coefficient (Wildman–Crippen LogP) is 3.23. The lowest BCUT2D eigenvalue weighted by Crippen LogP contribution is -2.43. The third kappa shape index (κ3) is 4.22. The lowest BCUT2D eigenvalue weighted by Gasteiger charge is -2.10. The fraction of sp³-hybridized carbons (Fsp3) is 0.0769. The molecule has 1 aromatic heterocycles. The maximum absolute atomic E-state index is 12.4. The summed E-state index contributed by atoms with van der Waals surface area (Å²) in [6, 6.07) is 6.41. The molecule has 3 amide bonds. The summed E-state index contributed by atoms with van der Waals surface area (Å²) in [6.45, 7) is 0. The third-order valence-electron chi connectivity index (χ3n) is 2.50. The molecule has 0 spiro atoms. The van der Waals surface area contributed by atoms with E-state index in [0.29, 0.717) is 4.88 Å². The minimum atomic E-state index is -4.44. The highest BCUT2D eigenvalue weighted by atomic mass is 32.1. The van der Waals surface area contributed by atoms with Crippen molar-refractivity contribution >= 4 is 29.0 Å². The van der Waals surface area contributed by atoms with E-state index in [1.165, 1.54) is 11.3 Å². The van der Waals surface area contributed by atoms with Crippen molar-refractivity contribution in [3.63, 3.8) is 0 Å². The Bertz CT molecular complexity index is 654. The van der Waals surface area contributed by atoms with Gasteiger partial charge in [-0.05, 0) is 35.7 Å². The SMILES string of the molecule is O=C(NNC(=O)c1cccs1)Nc1ccc(C(F)(F)F)cc1. The van der Waals surface area contributed by atoms with Gasteiger partial charge in [0.25, 0.3) is 5.91 Å². The zero-order chi connectivity index (χ0) is 16.2. The Morgan fingerprint density at radius 2 is 1.68 bits per heavy atom. The van der Waals surface area contributed by atoms with Gasteiger partial charge in [0.2, 0.25) is 0 Å². The molecular weight excluding hydrogens is 319 g/mol. The largest absolute Gasteiger partial charge is 0.416 e. The number of benzene rings is 1. The molecule has 9 heteroatoms. The molecule has 2 aromatic rings. The van der Waals surface area contributed by atoms with Crippen molar-refractivity contribution in [3.8, 4) is 0 Å². The summed E-state index contributed by atoms with van der Waals surface area (Å²) in [5.74, 6) is -0.488. The van der Waals surface area contributed by atoms with E-state index in [-0.39, 0.29) is 5.69 Å². The number of nitrogens with one attached hydrogen (secondary N) is 3. The number of carbonyl (C=O) groups is 2. The number of rotatable bonds is 2. The van der Waals surface area contributed by atoms with Crippen molar-refractivity contribution < 1.29 is 22.8 Å². The van der Waals surface area contributed by atoms with Crippen molar-refractivity contribution in [1.82, 2.24) is 10.9 Å². The fourth-order valence-corrected chi connectivity index (χ4v) is 2.11. The molecule has 0 fully saturated rings. The molecule has 0 unspecified atom stereocenters. The van der Waals surface area contributed by atoms with E-state index < -0.39 is 23.7 Å². The van der Waals surface area contributed by atoms with Gasteiger partial charge in [-0.25, -0.2) is 10.2 Å². The molecule has 0 atom stereocenters. The van der Waals surface area contributed by atoms with Gasteiger partial charge in [-0.15, -0.1) is 11.3 Å². The number of anilines is 1. The summed E-state index contributed by atoms with van der Waals surface area (Å²) >= 11 is 1.20. The average Bonchev–Trinajstić information content (AvgIpc) is 2.98. The Labute approximate surface area is 127 Å². The molecule has 0 radical (unpaired) electrons. The summed E-state index contributed by atoms with van der Waals surface area (Å²) in [5.41, 5.74) is 3.62. The number of thiophene rings is 1. The lowest BCUT2D eigenvalue weighted by molar-refractivity contribution is -0.137. The molecule has 22 heavy (non-hydrogen) atoms. The van der Waals surface area contributed by atoms with Gasteiger partial charge in [0.15, 0.2) is 0 Å². The predicted molar refractivity (Wildman–Crippen MR) is 75.4 cm³/mol. The molecule has 0 saturated carbocycles. The maximum Gasteiger partial charge on any atom is 0.416 e. The van der Waals surface area contributed by atoms with Crippen LogP contribution in [0, 0.1) is 0 Å². The standard InChI is InChI=1S/C13H10F3N3O2S/c14-13(15,16)8-3-5-9(6-4-8)17-12(21)19-18-11(20)10-2-1-7-22-10/h1-7H,(H,18,20)(H2,17,19,21). The van der Waals surface area contributed by atoms with Gasteiger partial charge >= 0.3 is 12.2 Å². The first kappa shape index (κ1) is 15.8. The first-order valence-corrected chi connectivity index (χ1v) is 6.82.